The second kappa shape index (κ2) is 5.07. The van der Waals surface area contributed by atoms with Crippen molar-refractivity contribution in [3.63, 3.8) is 0 Å². The van der Waals surface area contributed by atoms with Crippen molar-refractivity contribution in [2.24, 2.45) is 0 Å². The van der Waals surface area contributed by atoms with E-state index in [0.717, 1.165) is 11.4 Å². The number of benzene rings is 1. The predicted molar refractivity (Wildman–Crippen MR) is 73.8 cm³/mol. The number of pyridine rings is 1. The Morgan fingerprint density at radius 3 is 2.53 bits per heavy atom. The van der Waals surface area contributed by atoms with Crippen LogP contribution in [0.15, 0.2) is 42.6 Å². The van der Waals surface area contributed by atoms with Crippen molar-refractivity contribution < 1.29 is 4.74 Å². The molecule has 0 unspecified atom stereocenters. The van der Waals surface area contributed by atoms with Gasteiger partial charge in [-0.1, -0.05) is 23.2 Å². The summed E-state index contributed by atoms with van der Waals surface area (Å²) >= 11 is 11.7. The maximum atomic E-state index is 5.88. The summed E-state index contributed by atoms with van der Waals surface area (Å²) in [6, 6.07) is 10.7. The van der Waals surface area contributed by atoms with E-state index in [-0.39, 0.29) is 0 Å². The zero-order valence-electron chi connectivity index (χ0n) is 9.75. The number of nitrogens with zero attached hydrogens (tertiary/aromatic N) is 3. The first-order valence-electron chi connectivity index (χ1n) is 5.60. The first-order valence-corrected chi connectivity index (χ1v) is 6.35. The van der Waals surface area contributed by atoms with Crippen LogP contribution in [0.1, 0.15) is 5.82 Å². The van der Waals surface area contributed by atoms with Crippen molar-refractivity contribution in [1.29, 1.82) is 0 Å². The van der Waals surface area contributed by atoms with Crippen molar-refractivity contribution in [1.82, 2.24) is 14.6 Å². The Hall–Kier alpha value is -1.78. The van der Waals surface area contributed by atoms with Crippen LogP contribution in [0.2, 0.25) is 10.0 Å². The molecule has 0 aliphatic heterocycles. The number of ether oxygens (including phenoxy) is 1. The third-order valence-electron chi connectivity index (χ3n) is 2.52. The molecule has 0 aliphatic carbocycles. The maximum absolute atomic E-state index is 5.88. The molecule has 4 nitrogen and oxygen atoms in total. The first kappa shape index (κ1) is 12.3. The number of hydrogen-bond donors (Lipinski definition) is 0. The molecule has 0 fully saturated rings. The van der Waals surface area contributed by atoms with Crippen molar-refractivity contribution in [3.8, 4) is 5.75 Å². The normalized spacial score (nSPS) is 10.8. The number of hydrogen-bond acceptors (Lipinski definition) is 3. The minimum Gasteiger partial charge on any atom is -0.486 e. The summed E-state index contributed by atoms with van der Waals surface area (Å²) in [6.45, 7) is 0.293. The summed E-state index contributed by atoms with van der Waals surface area (Å²) < 4.78 is 7.20. The van der Waals surface area contributed by atoms with Gasteiger partial charge in [-0.05, 0) is 36.4 Å². The van der Waals surface area contributed by atoms with E-state index in [4.69, 9.17) is 27.9 Å². The van der Waals surface area contributed by atoms with Crippen LogP contribution in [-0.4, -0.2) is 14.6 Å². The third kappa shape index (κ3) is 2.80. The molecule has 2 heterocycles. The number of rotatable bonds is 3. The van der Waals surface area contributed by atoms with Gasteiger partial charge in [0.2, 0.25) is 0 Å². The average Bonchev–Trinajstić information content (AvgIpc) is 2.80. The Labute approximate surface area is 119 Å². The van der Waals surface area contributed by atoms with Crippen molar-refractivity contribution >= 4 is 28.8 Å². The van der Waals surface area contributed by atoms with E-state index in [2.05, 4.69) is 10.1 Å². The highest BCUT2D eigenvalue weighted by Crippen LogP contribution is 2.16. The van der Waals surface area contributed by atoms with Gasteiger partial charge in [-0.3, -0.25) is 0 Å². The quantitative estimate of drug-likeness (QED) is 0.740. The van der Waals surface area contributed by atoms with Gasteiger partial charge in [0.15, 0.2) is 11.5 Å². The van der Waals surface area contributed by atoms with E-state index in [1.165, 1.54) is 0 Å². The molecule has 0 N–H and O–H groups in total. The van der Waals surface area contributed by atoms with Crippen LogP contribution in [0, 0.1) is 0 Å². The Morgan fingerprint density at radius 2 is 1.74 bits per heavy atom. The fraction of sp³-hybridized carbons (Fsp3) is 0.0769. The maximum Gasteiger partial charge on any atom is 0.189 e. The van der Waals surface area contributed by atoms with Crippen LogP contribution in [0.5, 0.6) is 5.75 Å². The molecule has 6 heteroatoms. The Kier molecular flexibility index (Phi) is 3.27. The lowest BCUT2D eigenvalue weighted by Crippen LogP contribution is -1.97. The summed E-state index contributed by atoms with van der Waals surface area (Å²) in [5.74, 6) is 1.32. The number of aromatic nitrogens is 3. The smallest absolute Gasteiger partial charge is 0.189 e. The summed E-state index contributed by atoms with van der Waals surface area (Å²) in [7, 11) is 0. The molecule has 1 aromatic carbocycles. The molecule has 19 heavy (non-hydrogen) atoms. The van der Waals surface area contributed by atoms with Gasteiger partial charge in [0.05, 0.1) is 5.02 Å². The fourth-order valence-corrected chi connectivity index (χ4v) is 1.93. The molecule has 0 aliphatic rings. The molecule has 0 radical (unpaired) electrons. The lowest BCUT2D eigenvalue weighted by Gasteiger charge is -2.02. The van der Waals surface area contributed by atoms with Crippen LogP contribution in [0.3, 0.4) is 0 Å². The monoisotopic (exact) mass is 293 g/mol. The molecule has 3 aromatic rings. The van der Waals surface area contributed by atoms with Gasteiger partial charge in [-0.25, -0.2) is 9.50 Å². The summed E-state index contributed by atoms with van der Waals surface area (Å²) in [5, 5.41) is 5.56. The van der Waals surface area contributed by atoms with E-state index >= 15 is 0 Å². The molecule has 0 saturated carbocycles. The molecule has 3 rings (SSSR count). The molecule has 2 aromatic heterocycles. The van der Waals surface area contributed by atoms with Crippen molar-refractivity contribution in [3.05, 3.63) is 58.5 Å². The predicted octanol–water partition coefficient (Wildman–Crippen LogP) is 3.62. The molecule has 0 bridgehead atoms. The number of fused-ring (bicyclic) bond motifs is 1. The van der Waals surface area contributed by atoms with Crippen LogP contribution < -0.4 is 4.74 Å². The van der Waals surface area contributed by atoms with Crippen molar-refractivity contribution in [2.45, 2.75) is 6.61 Å². The molecule has 0 spiro atoms. The van der Waals surface area contributed by atoms with Gasteiger partial charge in [0.25, 0.3) is 0 Å². The molecule has 0 amide bonds. The van der Waals surface area contributed by atoms with E-state index in [0.29, 0.717) is 22.5 Å². The molecular weight excluding hydrogens is 285 g/mol. The third-order valence-corrected chi connectivity index (χ3v) is 3.00. The Balaban J connectivity index is 1.76. The zero-order chi connectivity index (χ0) is 13.2. The van der Waals surface area contributed by atoms with E-state index in [1.807, 2.05) is 0 Å². The van der Waals surface area contributed by atoms with E-state index in [1.54, 1.807) is 47.1 Å². The van der Waals surface area contributed by atoms with Gasteiger partial charge in [0, 0.05) is 11.2 Å². The Morgan fingerprint density at radius 1 is 1.00 bits per heavy atom. The van der Waals surface area contributed by atoms with E-state index < -0.39 is 0 Å². The van der Waals surface area contributed by atoms with Crippen LogP contribution >= 0.6 is 23.2 Å². The van der Waals surface area contributed by atoms with Crippen LogP contribution in [0.25, 0.3) is 5.65 Å². The highest BCUT2D eigenvalue weighted by atomic mass is 35.5. The lowest BCUT2D eigenvalue weighted by molar-refractivity contribution is 0.296. The second-order valence-electron chi connectivity index (χ2n) is 3.92. The molecule has 96 valence electrons. The van der Waals surface area contributed by atoms with Gasteiger partial charge in [-0.15, -0.1) is 5.10 Å². The largest absolute Gasteiger partial charge is 0.486 e. The van der Waals surface area contributed by atoms with Gasteiger partial charge in [-0.2, -0.15) is 0 Å². The zero-order valence-corrected chi connectivity index (χ0v) is 11.3. The summed E-state index contributed by atoms with van der Waals surface area (Å²) in [6.07, 6.45) is 1.70. The first-order chi connectivity index (χ1) is 9.20. The van der Waals surface area contributed by atoms with Gasteiger partial charge < -0.3 is 4.74 Å². The van der Waals surface area contributed by atoms with Crippen LogP contribution in [0.4, 0.5) is 0 Å². The van der Waals surface area contributed by atoms with Crippen LogP contribution in [-0.2, 0) is 6.61 Å². The second-order valence-corrected chi connectivity index (χ2v) is 4.79. The molecule has 0 saturated heterocycles. The number of halogens is 2. The topological polar surface area (TPSA) is 39.4 Å². The molecule has 0 atom stereocenters. The lowest BCUT2D eigenvalue weighted by atomic mass is 10.3. The highest BCUT2D eigenvalue weighted by Gasteiger charge is 2.04. The Bertz CT molecular complexity index is 709. The van der Waals surface area contributed by atoms with E-state index in [9.17, 15) is 0 Å². The van der Waals surface area contributed by atoms with Gasteiger partial charge >= 0.3 is 0 Å². The summed E-state index contributed by atoms with van der Waals surface area (Å²) in [4.78, 5) is 4.33. The minimum absolute atomic E-state index is 0.293. The minimum atomic E-state index is 0.293. The molecular formula is C13H9Cl2N3O. The highest BCUT2D eigenvalue weighted by molar-refractivity contribution is 6.30. The van der Waals surface area contributed by atoms with Gasteiger partial charge in [0.1, 0.15) is 12.4 Å². The average molecular weight is 294 g/mol. The van der Waals surface area contributed by atoms with Crippen molar-refractivity contribution in [2.75, 3.05) is 0 Å². The SMILES string of the molecule is Clc1ccc(OCc2nc3ccc(Cl)cn3n2)cc1. The fourth-order valence-electron chi connectivity index (χ4n) is 1.64. The standard InChI is InChI=1S/C13H9Cl2N3O/c14-9-1-4-11(5-2-9)19-8-12-16-13-6-3-10(15)7-18(13)17-12/h1-7H,8H2. The summed E-state index contributed by atoms with van der Waals surface area (Å²) in [5.41, 5.74) is 0.735.